The van der Waals surface area contributed by atoms with Gasteiger partial charge >= 0.3 is 0 Å². The predicted molar refractivity (Wildman–Crippen MR) is 113 cm³/mol. The lowest BCUT2D eigenvalue weighted by Crippen LogP contribution is -2.41. The molecule has 2 heterocycles. The first kappa shape index (κ1) is 21.9. The molecule has 0 radical (unpaired) electrons. The molecule has 29 heavy (non-hydrogen) atoms. The van der Waals surface area contributed by atoms with E-state index >= 15 is 0 Å². The highest BCUT2D eigenvalue weighted by Crippen LogP contribution is 2.23. The molecule has 8 nitrogen and oxygen atoms in total. The number of piperidine rings is 1. The van der Waals surface area contributed by atoms with Crippen molar-refractivity contribution in [2.24, 2.45) is 10.9 Å². The zero-order valence-electron chi connectivity index (χ0n) is 16.2. The lowest BCUT2D eigenvalue weighted by molar-refractivity contribution is -0.122. The van der Waals surface area contributed by atoms with Crippen LogP contribution in [0.25, 0.3) is 10.2 Å². The molecule has 1 fully saturated rings. The Hall–Kier alpha value is -1.82. The number of carbonyl (C=O) groups is 1. The highest BCUT2D eigenvalue weighted by molar-refractivity contribution is 7.90. The number of fused-ring (bicyclic) bond motifs is 1. The second kappa shape index (κ2) is 8.13. The number of sulfonamides is 1. The normalized spacial score (nSPS) is 19.5. The Morgan fingerprint density at radius 2 is 2.03 bits per heavy atom. The van der Waals surface area contributed by atoms with Crippen LogP contribution in [0.15, 0.2) is 40.7 Å². The molecule has 1 aromatic carbocycles. The van der Waals surface area contributed by atoms with Gasteiger partial charge in [-0.15, -0.1) is 6.58 Å². The maximum atomic E-state index is 12.8. The summed E-state index contributed by atoms with van der Waals surface area (Å²) in [5.74, 6) is -0.862. The van der Waals surface area contributed by atoms with Gasteiger partial charge in [0.25, 0.3) is 5.91 Å². The fourth-order valence-corrected chi connectivity index (χ4v) is 6.02. The molecule has 1 unspecified atom stereocenters. The summed E-state index contributed by atoms with van der Waals surface area (Å²) in [6, 6.07) is 4.80. The minimum atomic E-state index is -3.35. The molecule has 0 aliphatic carbocycles. The molecule has 1 aromatic heterocycles. The summed E-state index contributed by atoms with van der Waals surface area (Å²) in [5, 5.41) is 0. The number of thiazole rings is 1. The number of hydrogen-bond donors (Lipinski definition) is 0. The van der Waals surface area contributed by atoms with E-state index in [2.05, 4.69) is 11.6 Å². The predicted octanol–water partition coefficient (Wildman–Crippen LogP) is 1.39. The van der Waals surface area contributed by atoms with Crippen LogP contribution in [0.5, 0.6) is 0 Å². The van der Waals surface area contributed by atoms with Gasteiger partial charge in [-0.1, -0.05) is 17.4 Å². The maximum Gasteiger partial charge on any atom is 0.252 e. The topological polar surface area (TPSA) is 106 Å². The van der Waals surface area contributed by atoms with Gasteiger partial charge in [-0.2, -0.15) is 4.99 Å². The van der Waals surface area contributed by atoms with Gasteiger partial charge in [0, 0.05) is 25.9 Å². The Morgan fingerprint density at radius 3 is 2.66 bits per heavy atom. The molecular formula is C18H23N3O5S3. The molecule has 2 aromatic rings. The van der Waals surface area contributed by atoms with Gasteiger partial charge in [0.2, 0.25) is 10.0 Å². The fourth-order valence-electron chi connectivity index (χ4n) is 3.31. The molecule has 0 N–H and O–H groups in total. The molecular weight excluding hydrogens is 434 g/mol. The van der Waals surface area contributed by atoms with Crippen molar-refractivity contribution in [2.75, 3.05) is 25.6 Å². The lowest BCUT2D eigenvalue weighted by atomic mass is 9.99. The van der Waals surface area contributed by atoms with E-state index in [9.17, 15) is 21.6 Å². The summed E-state index contributed by atoms with van der Waals surface area (Å²) in [6.07, 6.45) is 5.15. The van der Waals surface area contributed by atoms with E-state index in [0.29, 0.717) is 35.4 Å². The summed E-state index contributed by atoms with van der Waals surface area (Å²) in [5.41, 5.74) is 0.759. The van der Waals surface area contributed by atoms with Gasteiger partial charge < -0.3 is 4.57 Å². The third kappa shape index (κ3) is 4.85. The molecule has 0 saturated carbocycles. The lowest BCUT2D eigenvalue weighted by Gasteiger charge is -2.28. The van der Waals surface area contributed by atoms with Crippen molar-refractivity contribution in [2.45, 2.75) is 24.3 Å². The molecule has 1 atom stereocenters. The Balaban J connectivity index is 2.03. The van der Waals surface area contributed by atoms with Crippen LogP contribution >= 0.6 is 11.3 Å². The first-order valence-corrected chi connectivity index (χ1v) is 13.5. The van der Waals surface area contributed by atoms with Gasteiger partial charge in [-0.05, 0) is 31.0 Å². The first-order valence-electron chi connectivity index (χ1n) is 8.99. The Morgan fingerprint density at radius 1 is 1.31 bits per heavy atom. The van der Waals surface area contributed by atoms with Crippen molar-refractivity contribution in [3.05, 3.63) is 35.7 Å². The number of allylic oxidation sites excluding steroid dienone is 1. The van der Waals surface area contributed by atoms with Crippen molar-refractivity contribution in [1.82, 2.24) is 8.87 Å². The summed E-state index contributed by atoms with van der Waals surface area (Å²) in [4.78, 5) is 17.7. The number of hydrogen-bond acceptors (Lipinski definition) is 6. The minimum absolute atomic E-state index is 0.131. The molecule has 3 rings (SSSR count). The molecule has 1 aliphatic rings. The van der Waals surface area contributed by atoms with E-state index in [1.165, 1.54) is 21.7 Å². The highest BCUT2D eigenvalue weighted by Gasteiger charge is 2.30. The fraction of sp³-hybridized carbons (Fsp3) is 0.444. The van der Waals surface area contributed by atoms with Gasteiger partial charge in [0.15, 0.2) is 14.6 Å². The van der Waals surface area contributed by atoms with Crippen LogP contribution in [0.1, 0.15) is 12.8 Å². The van der Waals surface area contributed by atoms with Gasteiger partial charge in [0.1, 0.15) is 0 Å². The Labute approximate surface area is 174 Å². The maximum absolute atomic E-state index is 12.8. The summed E-state index contributed by atoms with van der Waals surface area (Å²) < 4.78 is 51.1. The second-order valence-corrected chi connectivity index (χ2v) is 12.1. The summed E-state index contributed by atoms with van der Waals surface area (Å²) in [6.45, 7) is 4.69. The zero-order valence-corrected chi connectivity index (χ0v) is 18.7. The molecule has 158 valence electrons. The number of benzene rings is 1. The third-order valence-electron chi connectivity index (χ3n) is 4.80. The van der Waals surface area contributed by atoms with Gasteiger partial charge in [0.05, 0.1) is 27.3 Å². The zero-order chi connectivity index (χ0) is 21.4. The molecule has 11 heteroatoms. The SMILES string of the molecule is C=CCn1c(=NC(=O)C2CCCN(S(C)(=O)=O)C2)sc2cc(S(C)(=O)=O)ccc21. The molecule has 1 amide bonds. The largest absolute Gasteiger partial charge is 0.313 e. The summed E-state index contributed by atoms with van der Waals surface area (Å²) in [7, 11) is -6.71. The number of aromatic nitrogens is 1. The van der Waals surface area contributed by atoms with Crippen LogP contribution in [-0.2, 0) is 31.2 Å². The van der Waals surface area contributed by atoms with E-state index < -0.39 is 25.8 Å². The van der Waals surface area contributed by atoms with Crippen molar-refractivity contribution >= 4 is 47.3 Å². The van der Waals surface area contributed by atoms with Crippen LogP contribution in [0.2, 0.25) is 0 Å². The second-order valence-electron chi connectivity index (χ2n) is 7.10. The standard InChI is InChI=1S/C18H23N3O5S3/c1-4-9-21-15-8-7-14(28(2,23)24)11-16(15)27-18(21)19-17(22)13-6-5-10-20(12-13)29(3,25)26/h4,7-8,11,13H,1,5-6,9-10,12H2,2-3H3. The van der Waals surface area contributed by atoms with Gasteiger partial charge in [-0.25, -0.2) is 21.1 Å². The van der Waals surface area contributed by atoms with Crippen LogP contribution in [-0.4, -0.2) is 57.2 Å². The monoisotopic (exact) mass is 457 g/mol. The van der Waals surface area contributed by atoms with Crippen LogP contribution < -0.4 is 4.80 Å². The van der Waals surface area contributed by atoms with E-state index in [-0.39, 0.29) is 17.3 Å². The van der Waals surface area contributed by atoms with Crippen LogP contribution in [0.4, 0.5) is 0 Å². The molecule has 0 bridgehead atoms. The van der Waals surface area contributed by atoms with Crippen molar-refractivity contribution in [3.8, 4) is 0 Å². The molecule has 1 saturated heterocycles. The van der Waals surface area contributed by atoms with Gasteiger partial charge in [-0.3, -0.25) is 4.79 Å². The number of nitrogens with zero attached hydrogens (tertiary/aromatic N) is 3. The van der Waals surface area contributed by atoms with E-state index in [1.807, 2.05) is 0 Å². The van der Waals surface area contributed by atoms with Crippen LogP contribution in [0, 0.1) is 5.92 Å². The van der Waals surface area contributed by atoms with Crippen LogP contribution in [0.3, 0.4) is 0 Å². The van der Waals surface area contributed by atoms with Crippen molar-refractivity contribution in [1.29, 1.82) is 0 Å². The Bertz CT molecular complexity index is 1240. The third-order valence-corrected chi connectivity index (χ3v) is 8.22. The average molecular weight is 458 g/mol. The highest BCUT2D eigenvalue weighted by atomic mass is 32.2. The Kier molecular flexibility index (Phi) is 6.13. The summed E-state index contributed by atoms with van der Waals surface area (Å²) >= 11 is 1.22. The number of sulfone groups is 1. The number of amides is 1. The smallest absolute Gasteiger partial charge is 0.252 e. The number of carbonyl (C=O) groups excluding carboxylic acids is 1. The number of rotatable bonds is 5. The van der Waals surface area contributed by atoms with E-state index in [0.717, 1.165) is 18.0 Å². The average Bonchev–Trinajstić information content (AvgIpc) is 2.97. The molecule has 0 spiro atoms. The van der Waals surface area contributed by atoms with Crippen molar-refractivity contribution in [3.63, 3.8) is 0 Å². The quantitative estimate of drug-likeness (QED) is 0.631. The minimum Gasteiger partial charge on any atom is -0.313 e. The van der Waals surface area contributed by atoms with E-state index in [1.54, 1.807) is 22.8 Å². The molecule has 1 aliphatic heterocycles. The van der Waals surface area contributed by atoms with E-state index in [4.69, 9.17) is 0 Å². The van der Waals surface area contributed by atoms with Crippen molar-refractivity contribution < 1.29 is 21.6 Å². The first-order chi connectivity index (χ1) is 13.5.